The van der Waals surface area contributed by atoms with Crippen molar-refractivity contribution < 1.29 is 9.52 Å². The Bertz CT molecular complexity index is 732. The second kappa shape index (κ2) is 8.12. The molecule has 0 saturated carbocycles. The molecule has 25 heavy (non-hydrogen) atoms. The van der Waals surface area contributed by atoms with Gasteiger partial charge in [-0.2, -0.15) is 4.73 Å². The van der Waals surface area contributed by atoms with Gasteiger partial charge < -0.3 is 10.5 Å². The molecule has 1 saturated heterocycles. The first kappa shape index (κ1) is 17.4. The molecular formula is C20H25N3O2. The molecule has 0 spiro atoms. The maximum Gasteiger partial charge on any atom is 0.317 e. The summed E-state index contributed by atoms with van der Waals surface area (Å²) in [6.07, 6.45) is 5.14. The standard InChI is InChI=1S/C20H25N3O2/c1-16-8-4-6-12-22(16)15-18-10-3-2-9-17(18)14-21-20(24)19-11-5-7-13-23(19)25/h2-3,5,7,9-11,13,16H,4,6,8,12,14-15H2,1H3,(H,21,24)/t16-/m1/s1. The molecule has 0 radical (unpaired) electrons. The molecule has 1 aliphatic heterocycles. The van der Waals surface area contributed by atoms with Crippen LogP contribution in [0.1, 0.15) is 47.8 Å². The minimum Gasteiger partial charge on any atom is -0.618 e. The SMILES string of the molecule is C[C@@H]1CCCCN1Cc1ccccc1CNC(=O)c1cccc[n+]1[O-]. The lowest BCUT2D eigenvalue weighted by atomic mass is 10.0. The first-order valence-electron chi connectivity index (χ1n) is 8.92. The largest absolute Gasteiger partial charge is 0.618 e. The molecule has 1 amide bonds. The quantitative estimate of drug-likeness (QED) is 0.673. The molecule has 2 aromatic rings. The highest BCUT2D eigenvalue weighted by Gasteiger charge is 2.20. The smallest absolute Gasteiger partial charge is 0.317 e. The number of carbonyl (C=O) groups excluding carboxylic acids is 1. The Kier molecular flexibility index (Phi) is 5.66. The van der Waals surface area contributed by atoms with Crippen molar-refractivity contribution in [1.29, 1.82) is 0 Å². The van der Waals surface area contributed by atoms with Gasteiger partial charge in [-0.3, -0.25) is 9.69 Å². The van der Waals surface area contributed by atoms with Crippen molar-refractivity contribution in [2.45, 2.75) is 45.3 Å². The Balaban J connectivity index is 1.67. The third-order valence-corrected chi connectivity index (χ3v) is 4.93. The molecule has 1 aromatic carbocycles. The molecule has 5 heteroatoms. The number of nitrogens with one attached hydrogen (secondary N) is 1. The van der Waals surface area contributed by atoms with Crippen LogP contribution in [-0.4, -0.2) is 23.4 Å². The van der Waals surface area contributed by atoms with Crippen LogP contribution < -0.4 is 10.0 Å². The summed E-state index contributed by atoms with van der Waals surface area (Å²) in [6, 6.07) is 13.6. The number of pyridine rings is 1. The Morgan fingerprint density at radius 1 is 1.20 bits per heavy atom. The van der Waals surface area contributed by atoms with E-state index in [0.717, 1.165) is 18.7 Å². The number of rotatable bonds is 5. The van der Waals surface area contributed by atoms with Crippen LogP contribution in [0.5, 0.6) is 0 Å². The molecule has 3 rings (SSSR count). The highest BCUT2D eigenvalue weighted by molar-refractivity contribution is 5.90. The summed E-state index contributed by atoms with van der Waals surface area (Å²) >= 11 is 0. The van der Waals surface area contributed by atoms with Crippen molar-refractivity contribution in [3.8, 4) is 0 Å². The highest BCUT2D eigenvalue weighted by Crippen LogP contribution is 2.20. The van der Waals surface area contributed by atoms with E-state index < -0.39 is 0 Å². The lowest BCUT2D eigenvalue weighted by Gasteiger charge is -2.33. The third-order valence-electron chi connectivity index (χ3n) is 4.93. The van der Waals surface area contributed by atoms with Gasteiger partial charge in [-0.15, -0.1) is 0 Å². The van der Waals surface area contributed by atoms with E-state index in [9.17, 15) is 10.0 Å². The minimum atomic E-state index is -0.350. The van der Waals surface area contributed by atoms with Crippen molar-refractivity contribution in [2.75, 3.05) is 6.54 Å². The van der Waals surface area contributed by atoms with Crippen LogP contribution in [0, 0.1) is 5.21 Å². The maximum absolute atomic E-state index is 12.2. The number of nitrogens with zero attached hydrogens (tertiary/aromatic N) is 2. The van der Waals surface area contributed by atoms with Gasteiger partial charge in [-0.25, -0.2) is 0 Å². The van der Waals surface area contributed by atoms with Crippen LogP contribution >= 0.6 is 0 Å². The molecule has 0 bridgehead atoms. The fourth-order valence-electron chi connectivity index (χ4n) is 3.37. The van der Waals surface area contributed by atoms with E-state index in [1.165, 1.54) is 37.1 Å². The van der Waals surface area contributed by atoms with Crippen LogP contribution in [0.2, 0.25) is 0 Å². The maximum atomic E-state index is 12.2. The summed E-state index contributed by atoms with van der Waals surface area (Å²) in [6.45, 7) is 4.74. The number of carbonyl (C=O) groups is 1. The van der Waals surface area contributed by atoms with E-state index in [-0.39, 0.29) is 11.6 Å². The molecule has 0 unspecified atom stereocenters. The van der Waals surface area contributed by atoms with E-state index in [2.05, 4.69) is 23.2 Å². The highest BCUT2D eigenvalue weighted by atomic mass is 16.5. The summed E-state index contributed by atoms with van der Waals surface area (Å²) in [4.78, 5) is 14.8. The zero-order valence-corrected chi connectivity index (χ0v) is 14.6. The molecule has 132 valence electrons. The Hall–Kier alpha value is -2.40. The number of piperidine rings is 1. The van der Waals surface area contributed by atoms with Gasteiger partial charge >= 0.3 is 5.91 Å². The van der Waals surface area contributed by atoms with E-state index in [0.29, 0.717) is 17.3 Å². The Morgan fingerprint density at radius 3 is 2.72 bits per heavy atom. The topological polar surface area (TPSA) is 59.3 Å². The molecule has 2 heterocycles. The molecule has 1 atom stereocenters. The van der Waals surface area contributed by atoms with Crippen LogP contribution in [0.15, 0.2) is 48.7 Å². The summed E-state index contributed by atoms with van der Waals surface area (Å²) in [5.74, 6) is -0.350. The van der Waals surface area contributed by atoms with Crippen molar-refractivity contribution in [2.24, 2.45) is 0 Å². The van der Waals surface area contributed by atoms with Gasteiger partial charge in [0.25, 0.3) is 5.69 Å². The molecule has 1 N–H and O–H groups in total. The van der Waals surface area contributed by atoms with Gasteiger partial charge in [-0.1, -0.05) is 30.7 Å². The molecule has 1 aromatic heterocycles. The number of hydrogen-bond acceptors (Lipinski definition) is 3. The second-order valence-electron chi connectivity index (χ2n) is 6.68. The van der Waals surface area contributed by atoms with E-state index in [4.69, 9.17) is 0 Å². The van der Waals surface area contributed by atoms with Gasteiger partial charge in [0.2, 0.25) is 0 Å². The van der Waals surface area contributed by atoms with E-state index in [1.807, 2.05) is 18.2 Å². The first-order valence-corrected chi connectivity index (χ1v) is 8.92. The normalized spacial score (nSPS) is 18.0. The van der Waals surface area contributed by atoms with E-state index >= 15 is 0 Å². The second-order valence-corrected chi connectivity index (χ2v) is 6.68. The van der Waals surface area contributed by atoms with Gasteiger partial charge in [0, 0.05) is 31.3 Å². The zero-order chi connectivity index (χ0) is 17.6. The summed E-state index contributed by atoms with van der Waals surface area (Å²) in [5, 5.41) is 14.6. The van der Waals surface area contributed by atoms with Gasteiger partial charge in [0.15, 0.2) is 6.20 Å². The Morgan fingerprint density at radius 2 is 1.96 bits per heavy atom. The molecule has 0 aliphatic carbocycles. The lowest BCUT2D eigenvalue weighted by Crippen LogP contribution is -2.39. The summed E-state index contributed by atoms with van der Waals surface area (Å²) in [7, 11) is 0. The van der Waals surface area contributed by atoms with Gasteiger partial charge in [0.1, 0.15) is 0 Å². The van der Waals surface area contributed by atoms with Crippen LogP contribution in [0.4, 0.5) is 0 Å². The number of amides is 1. The van der Waals surface area contributed by atoms with Crippen molar-refractivity contribution in [3.05, 3.63) is 70.7 Å². The van der Waals surface area contributed by atoms with Gasteiger partial charge in [0.05, 0.1) is 0 Å². The van der Waals surface area contributed by atoms with Crippen molar-refractivity contribution in [3.63, 3.8) is 0 Å². The van der Waals surface area contributed by atoms with Crippen molar-refractivity contribution in [1.82, 2.24) is 10.2 Å². The number of aromatic nitrogens is 1. The average molecular weight is 339 g/mol. The third kappa shape index (κ3) is 4.37. The van der Waals surface area contributed by atoms with Crippen LogP contribution in [0.25, 0.3) is 0 Å². The Labute approximate surface area is 148 Å². The monoisotopic (exact) mass is 339 g/mol. The molecule has 5 nitrogen and oxygen atoms in total. The number of likely N-dealkylation sites (tertiary alicyclic amines) is 1. The molecule has 1 aliphatic rings. The van der Waals surface area contributed by atoms with Crippen molar-refractivity contribution >= 4 is 5.91 Å². The lowest BCUT2D eigenvalue weighted by molar-refractivity contribution is -0.607. The minimum absolute atomic E-state index is 0.115. The van der Waals surface area contributed by atoms with Gasteiger partial charge in [-0.05, 0) is 43.5 Å². The predicted molar refractivity (Wildman–Crippen MR) is 96.7 cm³/mol. The van der Waals surface area contributed by atoms with Crippen LogP contribution in [-0.2, 0) is 13.1 Å². The fourth-order valence-corrected chi connectivity index (χ4v) is 3.37. The predicted octanol–water partition coefficient (Wildman–Crippen LogP) is 2.62. The molecular weight excluding hydrogens is 314 g/mol. The first-order chi connectivity index (χ1) is 12.1. The molecule has 1 fully saturated rings. The zero-order valence-electron chi connectivity index (χ0n) is 14.6. The fraction of sp³-hybridized carbons (Fsp3) is 0.400. The number of hydrogen-bond donors (Lipinski definition) is 1. The average Bonchev–Trinajstić information content (AvgIpc) is 2.63. The number of benzene rings is 1. The summed E-state index contributed by atoms with van der Waals surface area (Å²) in [5.41, 5.74) is 2.45. The van der Waals surface area contributed by atoms with E-state index in [1.54, 1.807) is 12.1 Å². The summed E-state index contributed by atoms with van der Waals surface area (Å²) < 4.78 is 0.594. The van der Waals surface area contributed by atoms with Crippen LogP contribution in [0.3, 0.4) is 0 Å².